The van der Waals surface area contributed by atoms with Crippen molar-refractivity contribution < 1.29 is 23.1 Å². The summed E-state index contributed by atoms with van der Waals surface area (Å²) in [5.74, 6) is -5.86. The normalized spacial score (nSPS) is 10.7. The predicted octanol–water partition coefficient (Wildman–Crippen LogP) is 4.10. The number of halogens is 5. The maximum atomic E-state index is 14.2. The molecule has 0 fully saturated rings. The van der Waals surface area contributed by atoms with Gasteiger partial charge in [0.25, 0.3) is 0 Å². The molecule has 1 aromatic carbocycles. The Balaban J connectivity index is 2.72. The first-order chi connectivity index (χ1) is 9.81. The topological polar surface area (TPSA) is 50.2 Å². The van der Waals surface area contributed by atoms with Crippen molar-refractivity contribution in [2.24, 2.45) is 0 Å². The van der Waals surface area contributed by atoms with E-state index in [0.29, 0.717) is 0 Å². The number of benzene rings is 1. The highest BCUT2D eigenvalue weighted by Gasteiger charge is 2.24. The molecule has 21 heavy (non-hydrogen) atoms. The van der Waals surface area contributed by atoms with Crippen LogP contribution in [0.5, 0.6) is 0 Å². The van der Waals surface area contributed by atoms with Crippen molar-refractivity contribution in [1.82, 2.24) is 4.98 Å². The molecule has 1 aromatic heterocycles. The standard InChI is InChI=1S/C13H6Cl2F3NO2/c14-5-1-2-6(7(15)3-5)10-11(16)8(4-9(20)21)19-13(18)12(10)17/h1-3H,4H2,(H,20,21). The van der Waals surface area contributed by atoms with Gasteiger partial charge in [-0.15, -0.1) is 0 Å². The second kappa shape index (κ2) is 5.91. The number of aliphatic carboxylic acids is 1. The highest BCUT2D eigenvalue weighted by Crippen LogP contribution is 2.35. The number of hydrogen-bond donors (Lipinski definition) is 1. The number of pyridine rings is 1. The first-order valence-electron chi connectivity index (χ1n) is 5.51. The van der Waals surface area contributed by atoms with Gasteiger partial charge < -0.3 is 5.11 Å². The number of nitrogens with zero attached hydrogens (tertiary/aromatic N) is 1. The molecule has 0 radical (unpaired) electrons. The summed E-state index contributed by atoms with van der Waals surface area (Å²) in [4.78, 5) is 13.6. The van der Waals surface area contributed by atoms with E-state index in [4.69, 9.17) is 28.3 Å². The molecule has 1 N–H and O–H groups in total. The summed E-state index contributed by atoms with van der Waals surface area (Å²) in [5.41, 5.74) is -1.65. The average molecular weight is 336 g/mol. The van der Waals surface area contributed by atoms with E-state index >= 15 is 0 Å². The fourth-order valence-electron chi connectivity index (χ4n) is 1.75. The van der Waals surface area contributed by atoms with Gasteiger partial charge in [-0.3, -0.25) is 4.79 Å². The lowest BCUT2D eigenvalue weighted by atomic mass is 10.0. The summed E-state index contributed by atoms with van der Waals surface area (Å²) < 4.78 is 41.5. The molecule has 0 aliphatic carbocycles. The number of rotatable bonds is 3. The largest absolute Gasteiger partial charge is 0.481 e. The molecule has 110 valence electrons. The van der Waals surface area contributed by atoms with Gasteiger partial charge in [0, 0.05) is 10.6 Å². The smallest absolute Gasteiger partial charge is 0.309 e. The van der Waals surface area contributed by atoms with Crippen LogP contribution < -0.4 is 0 Å². The van der Waals surface area contributed by atoms with Gasteiger partial charge in [-0.2, -0.15) is 4.39 Å². The lowest BCUT2D eigenvalue weighted by Crippen LogP contribution is -2.10. The van der Waals surface area contributed by atoms with Gasteiger partial charge >= 0.3 is 5.97 Å². The average Bonchev–Trinajstić information content (AvgIpc) is 2.38. The minimum atomic E-state index is -1.60. The number of aromatic nitrogens is 1. The van der Waals surface area contributed by atoms with Crippen LogP contribution in [-0.4, -0.2) is 16.1 Å². The summed E-state index contributed by atoms with van der Waals surface area (Å²) in [6.07, 6.45) is -0.888. The van der Waals surface area contributed by atoms with Crippen molar-refractivity contribution in [3.63, 3.8) is 0 Å². The van der Waals surface area contributed by atoms with E-state index in [0.717, 1.165) is 0 Å². The summed E-state index contributed by atoms with van der Waals surface area (Å²) in [5, 5.41) is 8.76. The lowest BCUT2D eigenvalue weighted by Gasteiger charge is -2.10. The molecule has 0 aliphatic rings. The van der Waals surface area contributed by atoms with Crippen LogP contribution in [0.3, 0.4) is 0 Å². The van der Waals surface area contributed by atoms with Crippen molar-refractivity contribution >= 4 is 29.2 Å². The third-order valence-electron chi connectivity index (χ3n) is 2.63. The fourth-order valence-corrected chi connectivity index (χ4v) is 2.25. The fraction of sp³-hybridized carbons (Fsp3) is 0.0769. The molecule has 2 rings (SSSR count). The van der Waals surface area contributed by atoms with E-state index < -0.39 is 41.2 Å². The van der Waals surface area contributed by atoms with Crippen LogP contribution in [0.15, 0.2) is 18.2 Å². The Morgan fingerprint density at radius 3 is 2.43 bits per heavy atom. The molecule has 0 atom stereocenters. The molecular formula is C13H6Cl2F3NO2. The molecule has 8 heteroatoms. The van der Waals surface area contributed by atoms with E-state index in [-0.39, 0.29) is 15.6 Å². The minimum Gasteiger partial charge on any atom is -0.481 e. The Labute approximate surface area is 126 Å². The van der Waals surface area contributed by atoms with E-state index in [2.05, 4.69) is 4.98 Å². The van der Waals surface area contributed by atoms with Gasteiger partial charge in [0.1, 0.15) is 0 Å². The second-order valence-corrected chi connectivity index (χ2v) is 4.89. The maximum absolute atomic E-state index is 14.2. The van der Waals surface area contributed by atoms with Crippen LogP contribution in [0.25, 0.3) is 11.1 Å². The Morgan fingerprint density at radius 1 is 1.19 bits per heavy atom. The van der Waals surface area contributed by atoms with E-state index in [1.165, 1.54) is 18.2 Å². The zero-order valence-corrected chi connectivity index (χ0v) is 11.6. The summed E-state index contributed by atoms with van der Waals surface area (Å²) in [6.45, 7) is 0. The quantitative estimate of drug-likeness (QED) is 0.859. The minimum absolute atomic E-state index is 0.104. The van der Waals surface area contributed by atoms with Crippen LogP contribution >= 0.6 is 23.2 Å². The molecule has 0 saturated heterocycles. The maximum Gasteiger partial charge on any atom is 0.309 e. The predicted molar refractivity (Wildman–Crippen MR) is 70.9 cm³/mol. The molecule has 0 spiro atoms. The van der Waals surface area contributed by atoms with Crippen molar-refractivity contribution in [2.75, 3.05) is 0 Å². The van der Waals surface area contributed by atoms with Crippen LogP contribution in [0.2, 0.25) is 10.0 Å². The van der Waals surface area contributed by atoms with Crippen molar-refractivity contribution in [2.45, 2.75) is 6.42 Å². The first-order valence-corrected chi connectivity index (χ1v) is 6.27. The third-order valence-corrected chi connectivity index (χ3v) is 3.17. The van der Waals surface area contributed by atoms with Crippen LogP contribution in [0.4, 0.5) is 13.2 Å². The summed E-state index contributed by atoms with van der Waals surface area (Å²) in [7, 11) is 0. The van der Waals surface area contributed by atoms with Crippen molar-refractivity contribution in [3.8, 4) is 11.1 Å². The molecule has 2 aromatic rings. The third kappa shape index (κ3) is 3.11. The Morgan fingerprint density at radius 2 is 1.86 bits per heavy atom. The van der Waals surface area contributed by atoms with Crippen LogP contribution in [-0.2, 0) is 11.2 Å². The van der Waals surface area contributed by atoms with Gasteiger partial charge in [-0.05, 0) is 12.1 Å². The summed E-state index contributed by atoms with van der Waals surface area (Å²) >= 11 is 11.5. The van der Waals surface area contributed by atoms with E-state index in [1.54, 1.807) is 0 Å². The van der Waals surface area contributed by atoms with Crippen LogP contribution in [0, 0.1) is 17.6 Å². The Hall–Kier alpha value is -1.79. The molecule has 0 unspecified atom stereocenters. The van der Waals surface area contributed by atoms with Gasteiger partial charge in [0.05, 0.1) is 22.7 Å². The molecule has 0 aliphatic heterocycles. The van der Waals surface area contributed by atoms with E-state index in [9.17, 15) is 18.0 Å². The second-order valence-electron chi connectivity index (χ2n) is 4.05. The summed E-state index contributed by atoms with van der Waals surface area (Å²) in [6, 6.07) is 3.75. The zero-order chi connectivity index (χ0) is 15.7. The van der Waals surface area contributed by atoms with Crippen molar-refractivity contribution in [3.05, 3.63) is 51.5 Å². The number of hydrogen-bond acceptors (Lipinski definition) is 2. The van der Waals surface area contributed by atoms with Crippen molar-refractivity contribution in [1.29, 1.82) is 0 Å². The molecule has 3 nitrogen and oxygen atoms in total. The first kappa shape index (κ1) is 15.6. The molecular weight excluding hydrogens is 330 g/mol. The molecule has 1 heterocycles. The SMILES string of the molecule is O=C(O)Cc1nc(F)c(F)c(-c2ccc(Cl)cc2Cl)c1F. The van der Waals surface area contributed by atoms with E-state index in [1.807, 2.05) is 0 Å². The molecule has 0 saturated carbocycles. The van der Waals surface area contributed by atoms with Gasteiger partial charge in [0.15, 0.2) is 11.6 Å². The highest BCUT2D eigenvalue weighted by molar-refractivity contribution is 6.36. The molecule has 0 bridgehead atoms. The number of carboxylic acids is 1. The van der Waals surface area contributed by atoms with Gasteiger partial charge in [-0.25, -0.2) is 13.8 Å². The molecule has 0 amide bonds. The number of carboxylic acid groups (broad SMARTS) is 1. The highest BCUT2D eigenvalue weighted by atomic mass is 35.5. The van der Waals surface area contributed by atoms with Gasteiger partial charge in [-0.1, -0.05) is 29.3 Å². The monoisotopic (exact) mass is 335 g/mol. The van der Waals surface area contributed by atoms with Crippen LogP contribution in [0.1, 0.15) is 5.69 Å². The zero-order valence-electron chi connectivity index (χ0n) is 10.1. The Kier molecular flexibility index (Phi) is 4.39. The number of carbonyl (C=O) groups is 1. The Bertz CT molecular complexity index is 738. The lowest BCUT2D eigenvalue weighted by molar-refractivity contribution is -0.136. The van der Waals surface area contributed by atoms with Gasteiger partial charge in [0.2, 0.25) is 5.95 Å².